The van der Waals surface area contributed by atoms with Crippen LogP contribution in [0.4, 0.5) is 0 Å². The summed E-state index contributed by atoms with van der Waals surface area (Å²) in [6.45, 7) is 2.08. The van der Waals surface area contributed by atoms with E-state index >= 15 is 0 Å². The third-order valence-electron chi connectivity index (χ3n) is 2.91. The molecule has 2 N–H and O–H groups in total. The third kappa shape index (κ3) is 1.47. The van der Waals surface area contributed by atoms with Gasteiger partial charge in [0.2, 0.25) is 0 Å². The largest absolute Gasteiger partial charge is 0.324 e. The quantitative estimate of drug-likeness (QED) is 0.677. The molecule has 0 saturated heterocycles. The Kier molecular flexibility index (Phi) is 2.31. The van der Waals surface area contributed by atoms with Crippen LogP contribution in [0.3, 0.4) is 0 Å². The molecule has 1 aromatic carbocycles. The van der Waals surface area contributed by atoms with Gasteiger partial charge in [-0.3, -0.25) is 0 Å². The maximum atomic E-state index is 6.05. The van der Waals surface area contributed by atoms with Gasteiger partial charge in [-0.25, -0.2) is 0 Å². The number of hydrogen-bond donors (Lipinski definition) is 1. The van der Waals surface area contributed by atoms with Crippen molar-refractivity contribution in [1.82, 2.24) is 0 Å². The van der Waals surface area contributed by atoms with Gasteiger partial charge in [0.1, 0.15) is 0 Å². The predicted octanol–water partition coefficient (Wildman–Crippen LogP) is 2.98. The molecule has 0 aliphatic heterocycles. The topological polar surface area (TPSA) is 26.0 Å². The Hall–Kier alpha value is -0.530. The van der Waals surface area contributed by atoms with Crippen molar-refractivity contribution in [3.63, 3.8) is 0 Å². The molecule has 0 unspecified atom stereocenters. The van der Waals surface area contributed by atoms with Gasteiger partial charge in [0, 0.05) is 11.1 Å². The molecular formula is C11H14ClN. The number of fused-ring (bicyclic) bond motifs is 1. The zero-order valence-corrected chi connectivity index (χ0v) is 8.56. The highest BCUT2D eigenvalue weighted by Crippen LogP contribution is 2.32. The van der Waals surface area contributed by atoms with Crippen LogP contribution in [0.1, 0.15) is 35.6 Å². The molecule has 0 amide bonds. The Morgan fingerprint density at radius 1 is 1.46 bits per heavy atom. The first-order valence-corrected chi connectivity index (χ1v) is 5.11. The lowest BCUT2D eigenvalue weighted by Gasteiger charge is -2.24. The predicted molar refractivity (Wildman–Crippen MR) is 56.1 cm³/mol. The number of rotatable bonds is 0. The Balaban J connectivity index is 2.56. The van der Waals surface area contributed by atoms with Gasteiger partial charge >= 0.3 is 0 Å². The lowest BCUT2D eigenvalue weighted by Crippen LogP contribution is -2.18. The average Bonchev–Trinajstić information content (AvgIpc) is 2.12. The molecule has 2 heteroatoms. The minimum Gasteiger partial charge on any atom is -0.324 e. The van der Waals surface area contributed by atoms with Crippen molar-refractivity contribution >= 4 is 11.6 Å². The van der Waals surface area contributed by atoms with Gasteiger partial charge < -0.3 is 5.73 Å². The lowest BCUT2D eigenvalue weighted by atomic mass is 9.86. The molecule has 1 atom stereocenters. The van der Waals surface area contributed by atoms with Crippen molar-refractivity contribution in [1.29, 1.82) is 0 Å². The third-order valence-corrected chi connectivity index (χ3v) is 3.32. The molecule has 0 heterocycles. The van der Waals surface area contributed by atoms with E-state index < -0.39 is 0 Å². The van der Waals surface area contributed by atoms with Crippen molar-refractivity contribution in [2.24, 2.45) is 5.73 Å². The van der Waals surface area contributed by atoms with Crippen LogP contribution >= 0.6 is 11.6 Å². The van der Waals surface area contributed by atoms with E-state index in [1.54, 1.807) is 0 Å². The summed E-state index contributed by atoms with van der Waals surface area (Å²) < 4.78 is 0. The van der Waals surface area contributed by atoms with Crippen LogP contribution in [0.15, 0.2) is 12.1 Å². The fourth-order valence-electron chi connectivity index (χ4n) is 2.08. The molecular weight excluding hydrogens is 182 g/mol. The van der Waals surface area contributed by atoms with Crippen molar-refractivity contribution in [2.45, 2.75) is 32.2 Å². The molecule has 1 nitrogen and oxygen atoms in total. The van der Waals surface area contributed by atoms with Crippen molar-refractivity contribution in [2.75, 3.05) is 0 Å². The van der Waals surface area contributed by atoms with Crippen LogP contribution in [0, 0.1) is 6.92 Å². The van der Waals surface area contributed by atoms with E-state index in [1.807, 2.05) is 6.07 Å². The Labute approximate surface area is 83.9 Å². The van der Waals surface area contributed by atoms with Crippen molar-refractivity contribution < 1.29 is 0 Å². The van der Waals surface area contributed by atoms with Gasteiger partial charge in [0.15, 0.2) is 0 Å². The van der Waals surface area contributed by atoms with Crippen LogP contribution < -0.4 is 5.73 Å². The van der Waals surface area contributed by atoms with Gasteiger partial charge in [0.05, 0.1) is 0 Å². The first-order chi connectivity index (χ1) is 6.20. The maximum absolute atomic E-state index is 6.05. The highest BCUT2D eigenvalue weighted by Gasteiger charge is 2.18. The molecule has 0 aromatic heterocycles. The molecule has 70 valence electrons. The summed E-state index contributed by atoms with van der Waals surface area (Å²) in [6.07, 6.45) is 3.43. The van der Waals surface area contributed by atoms with E-state index in [4.69, 9.17) is 17.3 Å². The summed E-state index contributed by atoms with van der Waals surface area (Å²) in [7, 11) is 0. The fourth-order valence-corrected chi connectivity index (χ4v) is 2.26. The lowest BCUT2D eigenvalue weighted by molar-refractivity contribution is 0.568. The van der Waals surface area contributed by atoms with Crippen LogP contribution in [0.25, 0.3) is 0 Å². The van der Waals surface area contributed by atoms with Crippen molar-refractivity contribution in [3.05, 3.63) is 33.8 Å². The van der Waals surface area contributed by atoms with Gasteiger partial charge in [-0.1, -0.05) is 17.7 Å². The normalized spacial score (nSPS) is 21.3. The standard InChI is InChI=1S/C11H14ClN/c1-7-8-3-2-4-11(13)9(8)5-6-10(7)12/h5-6,11H,2-4,13H2,1H3/t11-/m0/s1. The van der Waals surface area contributed by atoms with Gasteiger partial charge in [-0.15, -0.1) is 0 Å². The number of nitrogens with two attached hydrogens (primary N) is 1. The monoisotopic (exact) mass is 195 g/mol. The SMILES string of the molecule is Cc1c(Cl)ccc2c1CCC[C@@H]2N. The second kappa shape index (κ2) is 3.32. The second-order valence-corrected chi connectivity index (χ2v) is 4.15. The minimum absolute atomic E-state index is 0.222. The Bertz CT molecular complexity index is 333. The highest BCUT2D eigenvalue weighted by atomic mass is 35.5. The van der Waals surface area contributed by atoms with E-state index in [0.29, 0.717) is 0 Å². The summed E-state index contributed by atoms with van der Waals surface area (Å²) in [5, 5.41) is 0.868. The minimum atomic E-state index is 0.222. The molecule has 0 bridgehead atoms. The van der Waals surface area contributed by atoms with E-state index in [1.165, 1.54) is 23.1 Å². The van der Waals surface area contributed by atoms with Crippen LogP contribution in [0.5, 0.6) is 0 Å². The number of benzene rings is 1. The van der Waals surface area contributed by atoms with Gasteiger partial charge in [-0.05, 0) is 48.9 Å². The molecule has 0 radical (unpaired) electrons. The molecule has 0 spiro atoms. The summed E-state index contributed by atoms with van der Waals surface area (Å²) >= 11 is 6.05. The molecule has 1 aliphatic carbocycles. The molecule has 1 aliphatic rings. The first-order valence-electron chi connectivity index (χ1n) is 4.73. The smallest absolute Gasteiger partial charge is 0.0438 e. The maximum Gasteiger partial charge on any atom is 0.0438 e. The van der Waals surface area contributed by atoms with Crippen LogP contribution in [-0.2, 0) is 6.42 Å². The average molecular weight is 196 g/mol. The van der Waals surface area contributed by atoms with Crippen molar-refractivity contribution in [3.8, 4) is 0 Å². The summed E-state index contributed by atoms with van der Waals surface area (Å²) in [5.41, 5.74) is 9.92. The van der Waals surface area contributed by atoms with E-state index in [2.05, 4.69) is 13.0 Å². The zero-order valence-electron chi connectivity index (χ0n) is 7.81. The summed E-state index contributed by atoms with van der Waals surface area (Å²) in [6, 6.07) is 4.26. The molecule has 2 rings (SSSR count). The van der Waals surface area contributed by atoms with E-state index in [0.717, 1.165) is 17.9 Å². The molecule has 1 aromatic rings. The van der Waals surface area contributed by atoms with E-state index in [9.17, 15) is 0 Å². The Morgan fingerprint density at radius 2 is 2.23 bits per heavy atom. The molecule has 0 saturated carbocycles. The highest BCUT2D eigenvalue weighted by molar-refractivity contribution is 6.31. The van der Waals surface area contributed by atoms with E-state index in [-0.39, 0.29) is 6.04 Å². The molecule has 0 fully saturated rings. The summed E-state index contributed by atoms with van der Waals surface area (Å²) in [4.78, 5) is 0. The van der Waals surface area contributed by atoms with Gasteiger partial charge in [-0.2, -0.15) is 0 Å². The molecule has 13 heavy (non-hydrogen) atoms. The number of halogens is 1. The van der Waals surface area contributed by atoms with Crippen LogP contribution in [0.2, 0.25) is 5.02 Å². The fraction of sp³-hybridized carbons (Fsp3) is 0.455. The first kappa shape index (κ1) is 9.04. The van der Waals surface area contributed by atoms with Gasteiger partial charge in [0.25, 0.3) is 0 Å². The second-order valence-electron chi connectivity index (χ2n) is 3.74. The zero-order chi connectivity index (χ0) is 9.42. The summed E-state index contributed by atoms with van der Waals surface area (Å²) in [5.74, 6) is 0. The number of hydrogen-bond acceptors (Lipinski definition) is 1. The van der Waals surface area contributed by atoms with Crippen LogP contribution in [-0.4, -0.2) is 0 Å². The Morgan fingerprint density at radius 3 is 3.00 bits per heavy atom.